The number of carbonyl (C=O) groups is 2. The summed E-state index contributed by atoms with van der Waals surface area (Å²) in [6, 6.07) is 0.917. The lowest BCUT2D eigenvalue weighted by Crippen LogP contribution is -2.41. The highest BCUT2D eigenvalue weighted by Gasteiger charge is 2.18. The summed E-state index contributed by atoms with van der Waals surface area (Å²) in [5, 5.41) is 11.2. The Morgan fingerprint density at radius 2 is 2.36 bits per heavy atom. The molecular formula is C9H12N2O3. The van der Waals surface area contributed by atoms with Gasteiger partial charge in [-0.15, -0.1) is 0 Å². The normalized spacial score (nSPS) is 12.1. The average Bonchev–Trinajstić information content (AvgIpc) is 2.54. The summed E-state index contributed by atoms with van der Waals surface area (Å²) in [7, 11) is 0. The molecule has 0 radical (unpaired) electrons. The molecule has 0 fully saturated rings. The molecule has 76 valence electrons. The van der Waals surface area contributed by atoms with Gasteiger partial charge in [-0.3, -0.25) is 4.79 Å². The van der Waals surface area contributed by atoms with E-state index in [9.17, 15) is 9.59 Å². The van der Waals surface area contributed by atoms with E-state index < -0.39 is 12.0 Å². The van der Waals surface area contributed by atoms with Crippen molar-refractivity contribution in [3.05, 3.63) is 24.0 Å². The molecular weight excluding hydrogens is 184 g/mol. The zero-order valence-corrected chi connectivity index (χ0v) is 7.78. The van der Waals surface area contributed by atoms with Crippen molar-refractivity contribution in [2.24, 2.45) is 0 Å². The molecule has 0 spiro atoms. The molecule has 0 saturated carbocycles. The molecule has 3 N–H and O–H groups in total. The molecule has 1 amide bonds. The van der Waals surface area contributed by atoms with Gasteiger partial charge in [0, 0.05) is 25.7 Å². The lowest BCUT2D eigenvalue weighted by molar-refractivity contribution is -0.141. The van der Waals surface area contributed by atoms with Gasteiger partial charge in [0.2, 0.25) is 5.91 Å². The first kappa shape index (κ1) is 10.3. The molecule has 0 saturated heterocycles. The Morgan fingerprint density at radius 3 is 2.79 bits per heavy atom. The number of hydrogen-bond acceptors (Lipinski definition) is 2. The van der Waals surface area contributed by atoms with Crippen LogP contribution in [0.1, 0.15) is 12.5 Å². The zero-order valence-electron chi connectivity index (χ0n) is 7.78. The number of aromatic amines is 1. The first-order chi connectivity index (χ1) is 6.59. The van der Waals surface area contributed by atoms with Gasteiger partial charge in [0.05, 0.1) is 0 Å². The summed E-state index contributed by atoms with van der Waals surface area (Å²) < 4.78 is 0. The number of aromatic nitrogens is 1. The van der Waals surface area contributed by atoms with Gasteiger partial charge in [-0.1, -0.05) is 0 Å². The monoisotopic (exact) mass is 196 g/mol. The van der Waals surface area contributed by atoms with Crippen molar-refractivity contribution in [2.45, 2.75) is 19.4 Å². The number of carboxylic acid groups (broad SMARTS) is 1. The zero-order chi connectivity index (χ0) is 10.6. The number of carbonyl (C=O) groups excluding carboxylic acids is 1. The van der Waals surface area contributed by atoms with Gasteiger partial charge in [0.25, 0.3) is 0 Å². The second kappa shape index (κ2) is 4.45. The van der Waals surface area contributed by atoms with Gasteiger partial charge in [-0.2, -0.15) is 0 Å². The van der Waals surface area contributed by atoms with E-state index in [1.807, 2.05) is 0 Å². The van der Waals surface area contributed by atoms with E-state index in [2.05, 4.69) is 10.3 Å². The van der Waals surface area contributed by atoms with Crippen LogP contribution < -0.4 is 5.32 Å². The van der Waals surface area contributed by atoms with Crippen LogP contribution in [0.15, 0.2) is 18.5 Å². The highest BCUT2D eigenvalue weighted by molar-refractivity contribution is 5.82. The molecule has 0 aliphatic carbocycles. The van der Waals surface area contributed by atoms with Gasteiger partial charge >= 0.3 is 5.97 Å². The summed E-state index contributed by atoms with van der Waals surface area (Å²) in [6.45, 7) is 1.30. The average molecular weight is 196 g/mol. The van der Waals surface area contributed by atoms with Gasteiger partial charge in [-0.05, 0) is 11.6 Å². The van der Waals surface area contributed by atoms with Crippen LogP contribution in [0.25, 0.3) is 0 Å². The van der Waals surface area contributed by atoms with Gasteiger partial charge < -0.3 is 15.4 Å². The molecule has 5 heteroatoms. The minimum Gasteiger partial charge on any atom is -0.480 e. The Balaban J connectivity index is 2.60. The molecule has 1 unspecified atom stereocenters. The quantitative estimate of drug-likeness (QED) is 0.641. The van der Waals surface area contributed by atoms with Crippen molar-refractivity contribution in [1.82, 2.24) is 10.3 Å². The Labute approximate surface area is 81.1 Å². The van der Waals surface area contributed by atoms with Crippen molar-refractivity contribution >= 4 is 11.9 Å². The van der Waals surface area contributed by atoms with Crippen LogP contribution >= 0.6 is 0 Å². The first-order valence-electron chi connectivity index (χ1n) is 4.21. The van der Waals surface area contributed by atoms with Crippen molar-refractivity contribution in [3.8, 4) is 0 Å². The van der Waals surface area contributed by atoms with E-state index in [-0.39, 0.29) is 5.91 Å². The molecule has 0 bridgehead atoms. The van der Waals surface area contributed by atoms with E-state index in [0.717, 1.165) is 5.56 Å². The number of aliphatic carboxylic acids is 1. The van der Waals surface area contributed by atoms with E-state index >= 15 is 0 Å². The van der Waals surface area contributed by atoms with Gasteiger partial charge in [-0.25, -0.2) is 4.79 Å². The maximum Gasteiger partial charge on any atom is 0.326 e. The van der Waals surface area contributed by atoms with Crippen LogP contribution in [0, 0.1) is 0 Å². The molecule has 1 aromatic heterocycles. The minimum atomic E-state index is -1.03. The van der Waals surface area contributed by atoms with Crippen LogP contribution in [-0.2, 0) is 16.0 Å². The number of H-pyrrole nitrogens is 1. The Morgan fingerprint density at radius 1 is 1.64 bits per heavy atom. The molecule has 1 atom stereocenters. The Bertz CT molecular complexity index is 319. The summed E-state index contributed by atoms with van der Waals surface area (Å²) in [4.78, 5) is 24.3. The summed E-state index contributed by atoms with van der Waals surface area (Å²) in [6.07, 6.45) is 3.71. The molecule has 1 aromatic rings. The Hall–Kier alpha value is -1.78. The van der Waals surface area contributed by atoms with Crippen LogP contribution in [-0.4, -0.2) is 28.0 Å². The lowest BCUT2D eigenvalue weighted by Gasteiger charge is -2.11. The minimum absolute atomic E-state index is 0.290. The van der Waals surface area contributed by atoms with Crippen LogP contribution in [0.2, 0.25) is 0 Å². The number of hydrogen-bond donors (Lipinski definition) is 3. The SMILES string of the molecule is CC(=O)NC(Cc1cc[nH]c1)C(=O)O. The maximum atomic E-state index is 10.7. The van der Waals surface area contributed by atoms with Crippen LogP contribution in [0.3, 0.4) is 0 Å². The van der Waals surface area contributed by atoms with Crippen molar-refractivity contribution in [3.63, 3.8) is 0 Å². The fourth-order valence-corrected chi connectivity index (χ4v) is 1.17. The molecule has 5 nitrogen and oxygen atoms in total. The summed E-state index contributed by atoms with van der Waals surface area (Å²) in [5.74, 6) is -1.37. The number of amides is 1. The predicted octanol–water partition coefficient (Wildman–Crippen LogP) is 0.146. The van der Waals surface area contributed by atoms with E-state index in [1.54, 1.807) is 18.5 Å². The summed E-state index contributed by atoms with van der Waals surface area (Å²) >= 11 is 0. The second-order valence-corrected chi connectivity index (χ2v) is 3.01. The topological polar surface area (TPSA) is 82.2 Å². The molecule has 0 aromatic carbocycles. The van der Waals surface area contributed by atoms with Crippen molar-refractivity contribution in [1.29, 1.82) is 0 Å². The van der Waals surface area contributed by atoms with Crippen molar-refractivity contribution < 1.29 is 14.7 Å². The number of nitrogens with one attached hydrogen (secondary N) is 2. The highest BCUT2D eigenvalue weighted by atomic mass is 16.4. The molecule has 1 heterocycles. The third kappa shape index (κ3) is 2.93. The molecule has 14 heavy (non-hydrogen) atoms. The molecule has 1 rings (SSSR count). The van der Waals surface area contributed by atoms with Gasteiger partial charge in [0.1, 0.15) is 6.04 Å². The Kier molecular flexibility index (Phi) is 3.28. The van der Waals surface area contributed by atoms with E-state index in [1.165, 1.54) is 6.92 Å². The number of carboxylic acids is 1. The smallest absolute Gasteiger partial charge is 0.326 e. The molecule has 0 aliphatic rings. The van der Waals surface area contributed by atoms with Crippen LogP contribution in [0.5, 0.6) is 0 Å². The third-order valence-corrected chi connectivity index (χ3v) is 1.78. The first-order valence-corrected chi connectivity index (χ1v) is 4.21. The van der Waals surface area contributed by atoms with Gasteiger partial charge in [0.15, 0.2) is 0 Å². The van der Waals surface area contributed by atoms with E-state index in [0.29, 0.717) is 6.42 Å². The lowest BCUT2D eigenvalue weighted by atomic mass is 10.1. The fourth-order valence-electron chi connectivity index (χ4n) is 1.17. The third-order valence-electron chi connectivity index (χ3n) is 1.78. The second-order valence-electron chi connectivity index (χ2n) is 3.01. The highest BCUT2D eigenvalue weighted by Crippen LogP contribution is 2.02. The number of rotatable bonds is 4. The van der Waals surface area contributed by atoms with E-state index in [4.69, 9.17) is 5.11 Å². The van der Waals surface area contributed by atoms with Crippen LogP contribution in [0.4, 0.5) is 0 Å². The standard InChI is InChI=1S/C9H12N2O3/c1-6(12)11-8(9(13)14)4-7-2-3-10-5-7/h2-3,5,8,10H,4H2,1H3,(H,11,12)(H,13,14). The fraction of sp³-hybridized carbons (Fsp3) is 0.333. The maximum absolute atomic E-state index is 10.7. The summed E-state index contributed by atoms with van der Waals surface area (Å²) in [5.41, 5.74) is 0.853. The predicted molar refractivity (Wildman–Crippen MR) is 49.7 cm³/mol. The largest absolute Gasteiger partial charge is 0.480 e. The van der Waals surface area contributed by atoms with Crippen molar-refractivity contribution in [2.75, 3.05) is 0 Å². The molecule has 0 aliphatic heterocycles.